The molecular weight excluding hydrogens is 212 g/mol. The maximum Gasteiger partial charge on any atom is 0.141 e. The zero-order valence-corrected chi connectivity index (χ0v) is 10.1. The number of nitrogens with two attached hydrogens (primary N) is 1. The lowest BCUT2D eigenvalue weighted by Gasteiger charge is -2.10. The Morgan fingerprint density at radius 3 is 2.71 bits per heavy atom. The van der Waals surface area contributed by atoms with Crippen molar-refractivity contribution >= 4 is 0 Å². The van der Waals surface area contributed by atoms with Crippen molar-refractivity contribution in [3.63, 3.8) is 0 Å². The van der Waals surface area contributed by atoms with Crippen molar-refractivity contribution in [3.8, 4) is 17.0 Å². The molecule has 0 unspecified atom stereocenters. The lowest BCUT2D eigenvalue weighted by Crippen LogP contribution is -2.01. The summed E-state index contributed by atoms with van der Waals surface area (Å²) in [7, 11) is 1.63. The minimum absolute atomic E-state index is 0.449. The number of methoxy groups -OCH3 is 1. The molecule has 0 fully saturated rings. The third-order valence-corrected chi connectivity index (χ3v) is 2.81. The normalized spacial score (nSPS) is 10.3. The summed E-state index contributed by atoms with van der Waals surface area (Å²) < 4.78 is 5.21. The molecule has 88 valence electrons. The van der Waals surface area contributed by atoms with E-state index in [-0.39, 0.29) is 0 Å². The highest BCUT2D eigenvalue weighted by Crippen LogP contribution is 2.25. The Hall–Kier alpha value is -1.87. The third-order valence-electron chi connectivity index (χ3n) is 2.81. The van der Waals surface area contributed by atoms with Crippen molar-refractivity contribution in [2.75, 3.05) is 7.11 Å². The first-order chi connectivity index (χ1) is 8.26. The molecule has 0 aliphatic rings. The third kappa shape index (κ3) is 2.29. The predicted molar refractivity (Wildman–Crippen MR) is 68.9 cm³/mol. The van der Waals surface area contributed by atoms with Crippen LogP contribution in [0.15, 0.2) is 36.5 Å². The van der Waals surface area contributed by atoms with Gasteiger partial charge in [0.25, 0.3) is 0 Å². The summed E-state index contributed by atoms with van der Waals surface area (Å²) in [5.41, 5.74) is 9.94. The molecule has 0 bridgehead atoms. The van der Waals surface area contributed by atoms with E-state index in [9.17, 15) is 0 Å². The van der Waals surface area contributed by atoms with Crippen molar-refractivity contribution in [1.82, 2.24) is 4.98 Å². The zero-order valence-electron chi connectivity index (χ0n) is 10.1. The van der Waals surface area contributed by atoms with Crippen molar-refractivity contribution in [1.29, 1.82) is 0 Å². The minimum atomic E-state index is 0.449. The van der Waals surface area contributed by atoms with Crippen LogP contribution >= 0.6 is 0 Å². The lowest BCUT2D eigenvalue weighted by atomic mass is 10.0. The highest BCUT2D eigenvalue weighted by atomic mass is 16.5. The highest BCUT2D eigenvalue weighted by Gasteiger charge is 2.07. The number of hydrogen-bond donors (Lipinski definition) is 1. The van der Waals surface area contributed by atoms with Gasteiger partial charge in [-0.15, -0.1) is 0 Å². The second-order valence-corrected chi connectivity index (χ2v) is 3.90. The van der Waals surface area contributed by atoms with Gasteiger partial charge in [-0.3, -0.25) is 4.98 Å². The molecule has 17 heavy (non-hydrogen) atoms. The zero-order chi connectivity index (χ0) is 12.3. The quantitative estimate of drug-likeness (QED) is 0.878. The molecule has 3 heteroatoms. The van der Waals surface area contributed by atoms with Crippen molar-refractivity contribution in [2.24, 2.45) is 5.73 Å². The van der Waals surface area contributed by atoms with E-state index in [1.807, 2.05) is 18.2 Å². The van der Waals surface area contributed by atoms with E-state index in [0.717, 1.165) is 22.6 Å². The summed E-state index contributed by atoms with van der Waals surface area (Å²) in [6.45, 7) is 2.52. The fourth-order valence-corrected chi connectivity index (χ4v) is 1.84. The van der Waals surface area contributed by atoms with Gasteiger partial charge in [0.15, 0.2) is 0 Å². The Labute approximate surface area is 101 Å². The number of ether oxygens (including phenoxy) is 1. The number of rotatable bonds is 3. The van der Waals surface area contributed by atoms with Crippen LogP contribution in [0.3, 0.4) is 0 Å². The molecule has 2 N–H and O–H groups in total. The first-order valence-electron chi connectivity index (χ1n) is 5.55. The highest BCUT2D eigenvalue weighted by molar-refractivity contribution is 5.64. The van der Waals surface area contributed by atoms with E-state index < -0.39 is 0 Å². The van der Waals surface area contributed by atoms with Gasteiger partial charge in [-0.25, -0.2) is 0 Å². The van der Waals surface area contributed by atoms with Crippen LogP contribution in [0.1, 0.15) is 11.1 Å². The van der Waals surface area contributed by atoms with E-state index in [1.165, 1.54) is 5.56 Å². The lowest BCUT2D eigenvalue weighted by molar-refractivity contribution is 0.408. The van der Waals surface area contributed by atoms with Crippen LogP contribution in [0.4, 0.5) is 0 Å². The fourth-order valence-electron chi connectivity index (χ4n) is 1.84. The topological polar surface area (TPSA) is 48.1 Å². The van der Waals surface area contributed by atoms with Crippen molar-refractivity contribution in [2.45, 2.75) is 13.5 Å². The van der Waals surface area contributed by atoms with Crippen molar-refractivity contribution in [3.05, 3.63) is 47.7 Å². The molecule has 0 aliphatic heterocycles. The van der Waals surface area contributed by atoms with E-state index in [2.05, 4.69) is 24.0 Å². The van der Waals surface area contributed by atoms with Gasteiger partial charge in [0.1, 0.15) is 5.75 Å². The minimum Gasteiger partial charge on any atom is -0.495 e. The average molecular weight is 228 g/mol. The van der Waals surface area contributed by atoms with Crippen LogP contribution in [-0.2, 0) is 6.54 Å². The summed E-state index contributed by atoms with van der Waals surface area (Å²) in [4.78, 5) is 4.41. The molecule has 0 aliphatic carbocycles. The van der Waals surface area contributed by atoms with Crippen LogP contribution < -0.4 is 10.5 Å². The number of pyridine rings is 1. The molecule has 2 aromatic rings. The first-order valence-corrected chi connectivity index (χ1v) is 5.55. The van der Waals surface area contributed by atoms with Gasteiger partial charge in [0.05, 0.1) is 19.0 Å². The van der Waals surface area contributed by atoms with Crippen LogP contribution in [0.2, 0.25) is 0 Å². The molecule has 1 aromatic carbocycles. The second kappa shape index (κ2) is 4.97. The van der Waals surface area contributed by atoms with Gasteiger partial charge in [-0.05, 0) is 18.6 Å². The summed E-state index contributed by atoms with van der Waals surface area (Å²) >= 11 is 0. The fraction of sp³-hybridized carbons (Fsp3) is 0.214. The molecular formula is C14H16N2O. The number of hydrogen-bond acceptors (Lipinski definition) is 3. The Bertz CT molecular complexity index is 523. The summed E-state index contributed by atoms with van der Waals surface area (Å²) in [6.07, 6.45) is 1.73. The molecule has 3 nitrogen and oxygen atoms in total. The SMILES string of the molecule is COc1cnc(-c2ccccc2C)cc1CN. The molecule has 0 spiro atoms. The molecule has 1 heterocycles. The summed E-state index contributed by atoms with van der Waals surface area (Å²) in [5, 5.41) is 0. The largest absolute Gasteiger partial charge is 0.495 e. The Morgan fingerprint density at radius 2 is 2.06 bits per heavy atom. The van der Waals surface area contributed by atoms with Gasteiger partial charge < -0.3 is 10.5 Å². The summed E-state index contributed by atoms with van der Waals surface area (Å²) in [5.74, 6) is 0.741. The van der Waals surface area contributed by atoms with Gasteiger partial charge in [0.2, 0.25) is 0 Å². The maximum atomic E-state index is 5.70. The first kappa shape index (κ1) is 11.6. The molecule has 0 saturated carbocycles. The monoisotopic (exact) mass is 228 g/mol. The molecule has 0 saturated heterocycles. The molecule has 0 radical (unpaired) electrons. The number of aryl methyl sites for hydroxylation is 1. The number of benzene rings is 1. The standard InChI is InChI=1S/C14H16N2O/c1-10-5-3-4-6-12(10)13-7-11(8-15)14(17-2)9-16-13/h3-7,9H,8,15H2,1-2H3. The van der Waals surface area contributed by atoms with Crippen LogP contribution in [-0.4, -0.2) is 12.1 Å². The number of aromatic nitrogens is 1. The van der Waals surface area contributed by atoms with E-state index in [4.69, 9.17) is 10.5 Å². The Balaban J connectivity index is 2.50. The predicted octanol–water partition coefficient (Wildman–Crippen LogP) is 2.52. The average Bonchev–Trinajstić information content (AvgIpc) is 2.38. The Kier molecular flexibility index (Phi) is 3.40. The van der Waals surface area contributed by atoms with E-state index in [0.29, 0.717) is 6.54 Å². The molecule has 2 rings (SSSR count). The molecule has 1 aromatic heterocycles. The molecule has 0 amide bonds. The number of nitrogens with zero attached hydrogens (tertiary/aromatic N) is 1. The van der Waals surface area contributed by atoms with Gasteiger partial charge in [0, 0.05) is 17.7 Å². The van der Waals surface area contributed by atoms with Gasteiger partial charge in [-0.1, -0.05) is 24.3 Å². The Morgan fingerprint density at radius 1 is 1.29 bits per heavy atom. The molecule has 0 atom stereocenters. The van der Waals surface area contributed by atoms with E-state index >= 15 is 0 Å². The van der Waals surface area contributed by atoms with Crippen molar-refractivity contribution < 1.29 is 4.74 Å². The smallest absolute Gasteiger partial charge is 0.141 e. The van der Waals surface area contributed by atoms with Gasteiger partial charge >= 0.3 is 0 Å². The summed E-state index contributed by atoms with van der Waals surface area (Å²) in [6, 6.07) is 10.2. The van der Waals surface area contributed by atoms with Crippen LogP contribution in [0.25, 0.3) is 11.3 Å². The second-order valence-electron chi connectivity index (χ2n) is 3.90. The van der Waals surface area contributed by atoms with Crippen LogP contribution in [0.5, 0.6) is 5.75 Å². The van der Waals surface area contributed by atoms with E-state index in [1.54, 1.807) is 13.3 Å². The van der Waals surface area contributed by atoms with Crippen LogP contribution in [0, 0.1) is 6.92 Å². The maximum absolute atomic E-state index is 5.70. The van der Waals surface area contributed by atoms with Gasteiger partial charge in [-0.2, -0.15) is 0 Å².